The van der Waals surface area contributed by atoms with E-state index in [1.165, 1.54) is 17.5 Å². The Morgan fingerprint density at radius 2 is 2.11 bits per heavy atom. The molecule has 92 valence electrons. The second kappa shape index (κ2) is 3.46. The maximum Gasteiger partial charge on any atom is 0.0706 e. The molecule has 0 radical (unpaired) electrons. The van der Waals surface area contributed by atoms with Crippen molar-refractivity contribution in [3.63, 3.8) is 0 Å². The molecule has 2 bridgehead atoms. The first-order valence-electron chi connectivity index (χ1n) is 6.69. The highest BCUT2D eigenvalue weighted by molar-refractivity contribution is 7.10. The van der Waals surface area contributed by atoms with E-state index in [-0.39, 0.29) is 5.54 Å². The summed E-state index contributed by atoms with van der Waals surface area (Å²) in [5, 5.41) is 2.26. The lowest BCUT2D eigenvalue weighted by Gasteiger charge is -2.42. The van der Waals surface area contributed by atoms with Gasteiger partial charge in [0.05, 0.1) is 5.54 Å². The number of fused-ring (bicyclic) bond motifs is 7. The first-order chi connectivity index (χ1) is 8.76. The molecule has 0 saturated carbocycles. The third-order valence-corrected chi connectivity index (χ3v) is 5.73. The highest BCUT2D eigenvalue weighted by Crippen LogP contribution is 2.56. The maximum atomic E-state index is 2.67. The van der Waals surface area contributed by atoms with Gasteiger partial charge in [0.25, 0.3) is 0 Å². The molecule has 2 atom stereocenters. The van der Waals surface area contributed by atoms with Gasteiger partial charge in [-0.1, -0.05) is 31.2 Å². The van der Waals surface area contributed by atoms with Gasteiger partial charge >= 0.3 is 0 Å². The molecule has 0 fully saturated rings. The van der Waals surface area contributed by atoms with Crippen molar-refractivity contribution in [1.82, 2.24) is 4.90 Å². The molecule has 2 unspecified atom stereocenters. The number of thiophene rings is 1. The molecule has 3 heterocycles. The third-order valence-electron chi connectivity index (χ3n) is 4.78. The average Bonchev–Trinajstić information content (AvgIpc) is 2.93. The zero-order chi connectivity index (χ0) is 12.3. The Kier molecular flexibility index (Phi) is 2.07. The molecule has 2 aliphatic heterocycles. The van der Waals surface area contributed by atoms with Gasteiger partial charge in [-0.05, 0) is 41.6 Å². The van der Waals surface area contributed by atoms with Gasteiger partial charge in [-0.15, -0.1) is 11.3 Å². The van der Waals surface area contributed by atoms with Crippen molar-refractivity contribution in [2.45, 2.75) is 31.8 Å². The monoisotopic (exact) mass is 255 g/mol. The predicted molar refractivity (Wildman–Crippen MR) is 76.0 cm³/mol. The molecule has 0 spiro atoms. The van der Waals surface area contributed by atoms with Crippen LogP contribution in [0.25, 0.3) is 0 Å². The van der Waals surface area contributed by atoms with Crippen LogP contribution >= 0.6 is 11.3 Å². The highest BCUT2D eigenvalue weighted by Gasteiger charge is 2.51. The molecule has 1 nitrogen and oxygen atoms in total. The Morgan fingerprint density at radius 1 is 1.28 bits per heavy atom. The van der Waals surface area contributed by atoms with Crippen LogP contribution in [0, 0.1) is 0 Å². The normalized spacial score (nSPS) is 29.1. The van der Waals surface area contributed by atoms with Crippen molar-refractivity contribution in [2.24, 2.45) is 0 Å². The van der Waals surface area contributed by atoms with Gasteiger partial charge in [0.2, 0.25) is 0 Å². The van der Waals surface area contributed by atoms with Crippen molar-refractivity contribution in [1.29, 1.82) is 0 Å². The molecular weight excluding hydrogens is 238 g/mol. The van der Waals surface area contributed by atoms with Crippen molar-refractivity contribution < 1.29 is 0 Å². The Bertz CT molecular complexity index is 615. The summed E-state index contributed by atoms with van der Waals surface area (Å²) in [6, 6.07) is 11.9. The molecule has 0 N–H and O–H groups in total. The minimum atomic E-state index is 0.101. The van der Waals surface area contributed by atoms with Crippen LogP contribution in [-0.2, 0) is 12.0 Å². The van der Waals surface area contributed by atoms with Crippen molar-refractivity contribution in [2.75, 3.05) is 6.54 Å². The SMILES string of the molecule is CCN1C2Cc3sccc3C1(C)c1ccccc12. The number of likely N-dealkylation sites (N-methyl/N-ethyl adjacent to an activating group) is 1. The fourth-order valence-electron chi connectivity index (χ4n) is 4.03. The Hall–Kier alpha value is -1.12. The number of nitrogens with zero attached hydrogens (tertiary/aromatic N) is 1. The molecule has 2 aromatic rings. The van der Waals surface area contributed by atoms with Crippen LogP contribution in [0.4, 0.5) is 0 Å². The van der Waals surface area contributed by atoms with E-state index in [0.29, 0.717) is 6.04 Å². The standard InChI is InChI=1S/C16H17NS/c1-3-17-14-10-15-13(8-9-18-15)16(17,2)12-7-5-4-6-11(12)14/h4-9,14H,3,10H2,1-2H3. The van der Waals surface area contributed by atoms with Crippen LogP contribution in [-0.4, -0.2) is 11.4 Å². The van der Waals surface area contributed by atoms with Gasteiger partial charge in [0, 0.05) is 17.3 Å². The lowest BCUT2D eigenvalue weighted by Crippen LogP contribution is -2.44. The molecule has 1 aromatic carbocycles. The second-order valence-electron chi connectivity index (χ2n) is 5.42. The summed E-state index contributed by atoms with van der Waals surface area (Å²) in [4.78, 5) is 4.26. The van der Waals surface area contributed by atoms with Crippen LogP contribution in [0.15, 0.2) is 35.7 Å². The summed E-state index contributed by atoms with van der Waals surface area (Å²) < 4.78 is 0. The zero-order valence-corrected chi connectivity index (χ0v) is 11.6. The molecule has 0 aliphatic carbocycles. The lowest BCUT2D eigenvalue weighted by molar-refractivity contribution is 0.105. The van der Waals surface area contributed by atoms with Crippen molar-refractivity contribution in [3.05, 3.63) is 57.3 Å². The summed E-state index contributed by atoms with van der Waals surface area (Å²) in [6.07, 6.45) is 1.19. The molecule has 0 amide bonds. The van der Waals surface area contributed by atoms with E-state index < -0.39 is 0 Å². The van der Waals surface area contributed by atoms with Crippen LogP contribution in [0.1, 0.15) is 41.5 Å². The van der Waals surface area contributed by atoms with Gasteiger partial charge < -0.3 is 0 Å². The second-order valence-corrected chi connectivity index (χ2v) is 6.42. The van der Waals surface area contributed by atoms with E-state index in [2.05, 4.69) is 54.5 Å². The van der Waals surface area contributed by atoms with Crippen LogP contribution in [0.2, 0.25) is 0 Å². The Labute approximate surface area is 112 Å². The summed E-state index contributed by atoms with van der Waals surface area (Å²) in [5.41, 5.74) is 4.71. The fraction of sp³-hybridized carbons (Fsp3) is 0.375. The summed E-state index contributed by atoms with van der Waals surface area (Å²) in [5.74, 6) is 0. The van der Waals surface area contributed by atoms with Gasteiger partial charge in [-0.2, -0.15) is 0 Å². The van der Waals surface area contributed by atoms with E-state index in [4.69, 9.17) is 0 Å². The number of rotatable bonds is 1. The van der Waals surface area contributed by atoms with E-state index in [1.807, 2.05) is 11.3 Å². The van der Waals surface area contributed by atoms with Crippen molar-refractivity contribution >= 4 is 11.3 Å². The van der Waals surface area contributed by atoms with Crippen LogP contribution in [0.5, 0.6) is 0 Å². The summed E-state index contributed by atoms with van der Waals surface area (Å²) in [7, 11) is 0. The Balaban J connectivity index is 2.06. The largest absolute Gasteiger partial charge is 0.283 e. The van der Waals surface area contributed by atoms with E-state index in [9.17, 15) is 0 Å². The molecule has 2 aliphatic rings. The molecule has 2 heteroatoms. The molecule has 1 aromatic heterocycles. The molecule has 0 saturated heterocycles. The first-order valence-corrected chi connectivity index (χ1v) is 7.57. The summed E-state index contributed by atoms with van der Waals surface area (Å²) in [6.45, 7) is 5.81. The third kappa shape index (κ3) is 1.07. The van der Waals surface area contributed by atoms with Crippen LogP contribution < -0.4 is 0 Å². The predicted octanol–water partition coefficient (Wildman–Crippen LogP) is 3.94. The maximum absolute atomic E-state index is 2.67. The average molecular weight is 255 g/mol. The minimum absolute atomic E-state index is 0.101. The molecule has 18 heavy (non-hydrogen) atoms. The van der Waals surface area contributed by atoms with Gasteiger partial charge in [-0.3, -0.25) is 4.90 Å². The lowest BCUT2D eigenvalue weighted by atomic mass is 9.84. The number of hydrogen-bond acceptors (Lipinski definition) is 2. The highest BCUT2D eigenvalue weighted by atomic mass is 32.1. The topological polar surface area (TPSA) is 3.24 Å². The minimum Gasteiger partial charge on any atom is -0.283 e. The van der Waals surface area contributed by atoms with E-state index in [1.54, 1.807) is 10.4 Å². The van der Waals surface area contributed by atoms with Gasteiger partial charge in [-0.25, -0.2) is 0 Å². The van der Waals surface area contributed by atoms with Gasteiger partial charge in [0.1, 0.15) is 0 Å². The zero-order valence-electron chi connectivity index (χ0n) is 10.8. The van der Waals surface area contributed by atoms with Crippen LogP contribution in [0.3, 0.4) is 0 Å². The quantitative estimate of drug-likeness (QED) is 0.746. The molecule has 4 rings (SSSR count). The first kappa shape index (κ1) is 10.8. The summed E-state index contributed by atoms with van der Waals surface area (Å²) >= 11 is 1.93. The number of hydrogen-bond donors (Lipinski definition) is 0. The molecular formula is C16H17NS. The smallest absolute Gasteiger partial charge is 0.0706 e. The number of benzene rings is 1. The Morgan fingerprint density at radius 3 is 2.94 bits per heavy atom. The van der Waals surface area contributed by atoms with Gasteiger partial charge in [0.15, 0.2) is 0 Å². The fourth-order valence-corrected chi connectivity index (χ4v) is 5.05. The van der Waals surface area contributed by atoms with Crippen molar-refractivity contribution in [3.8, 4) is 0 Å². The van der Waals surface area contributed by atoms with E-state index >= 15 is 0 Å². The van der Waals surface area contributed by atoms with E-state index in [0.717, 1.165) is 6.54 Å².